The number of aliphatic imine (C=N–C) groups is 1. The number of fused-ring (bicyclic) bond motifs is 5. The number of hydrogen-bond acceptors (Lipinski definition) is 3. The van der Waals surface area contributed by atoms with Crippen molar-refractivity contribution in [2.24, 2.45) is 4.99 Å². The number of imidazole rings is 1. The molecule has 0 N–H and O–H groups in total. The number of carbonyl (C=O) groups excluding carboxylic acids is 2. The van der Waals surface area contributed by atoms with Crippen molar-refractivity contribution in [1.29, 1.82) is 0 Å². The van der Waals surface area contributed by atoms with Crippen molar-refractivity contribution in [3.8, 4) is 5.69 Å². The van der Waals surface area contributed by atoms with Gasteiger partial charge in [-0.15, -0.1) is 0 Å². The molecule has 1 fully saturated rings. The lowest BCUT2D eigenvalue weighted by Crippen LogP contribution is -2.30. The number of rotatable bonds is 1. The molecule has 0 bridgehead atoms. The Morgan fingerprint density at radius 1 is 1.37 bits per heavy atom. The molecule has 2 aromatic rings. The van der Waals surface area contributed by atoms with Gasteiger partial charge >= 0.3 is 0 Å². The van der Waals surface area contributed by atoms with E-state index in [9.17, 15) is 14.0 Å². The third kappa shape index (κ3) is 2.72. The predicted octanol–water partition coefficient (Wildman–Crippen LogP) is 2.42. The van der Waals surface area contributed by atoms with Crippen LogP contribution in [-0.2, 0) is 0 Å². The lowest BCUT2D eigenvalue weighted by atomic mass is 10.1. The summed E-state index contributed by atoms with van der Waals surface area (Å²) in [5.74, 6) is -0.567. The zero-order valence-corrected chi connectivity index (χ0v) is 15.4. The van der Waals surface area contributed by atoms with Crippen LogP contribution in [0, 0.1) is 5.82 Å². The third-order valence-electron chi connectivity index (χ3n) is 5.20. The van der Waals surface area contributed by atoms with Crippen molar-refractivity contribution in [1.82, 2.24) is 19.4 Å². The average Bonchev–Trinajstić information content (AvgIpc) is 3.25. The van der Waals surface area contributed by atoms with Crippen LogP contribution < -0.4 is 0 Å². The van der Waals surface area contributed by atoms with Crippen molar-refractivity contribution >= 4 is 17.6 Å². The minimum Gasteiger partial charge on any atom is -0.366 e. The van der Waals surface area contributed by atoms with Crippen LogP contribution in [-0.4, -0.2) is 57.6 Å². The SMILES string of the molecule is CC(=NC(=O)c1ncn2c1C1CCCN1C(=O)c1cc(F)ccc1-2)N(C)C. The summed E-state index contributed by atoms with van der Waals surface area (Å²) in [7, 11) is 3.61. The number of nitrogens with zero attached hydrogens (tertiary/aromatic N) is 5. The summed E-state index contributed by atoms with van der Waals surface area (Å²) in [6, 6.07) is 3.84. The van der Waals surface area contributed by atoms with Crippen LogP contribution in [0.15, 0.2) is 29.5 Å². The van der Waals surface area contributed by atoms with E-state index in [1.165, 1.54) is 18.5 Å². The van der Waals surface area contributed by atoms with Crippen LogP contribution in [0.25, 0.3) is 5.69 Å². The molecule has 0 spiro atoms. The normalized spacial score (nSPS) is 18.7. The quantitative estimate of drug-likeness (QED) is 0.572. The molecule has 1 saturated heterocycles. The van der Waals surface area contributed by atoms with E-state index in [2.05, 4.69) is 9.98 Å². The van der Waals surface area contributed by atoms with Crippen LogP contribution in [0.3, 0.4) is 0 Å². The molecule has 0 radical (unpaired) electrons. The van der Waals surface area contributed by atoms with E-state index >= 15 is 0 Å². The molecule has 0 saturated carbocycles. The van der Waals surface area contributed by atoms with Crippen LogP contribution in [0.4, 0.5) is 4.39 Å². The molecular weight excluding hydrogens is 349 g/mol. The molecule has 1 aromatic carbocycles. The van der Waals surface area contributed by atoms with Crippen LogP contribution in [0.5, 0.6) is 0 Å². The van der Waals surface area contributed by atoms with E-state index in [1.807, 2.05) is 14.1 Å². The summed E-state index contributed by atoms with van der Waals surface area (Å²) in [5.41, 5.74) is 1.69. The van der Waals surface area contributed by atoms with Gasteiger partial charge in [-0.25, -0.2) is 9.37 Å². The van der Waals surface area contributed by atoms with Gasteiger partial charge in [0.1, 0.15) is 18.0 Å². The van der Waals surface area contributed by atoms with Gasteiger partial charge in [-0.2, -0.15) is 4.99 Å². The fourth-order valence-electron chi connectivity index (χ4n) is 3.67. The van der Waals surface area contributed by atoms with Crippen molar-refractivity contribution < 1.29 is 14.0 Å². The van der Waals surface area contributed by atoms with Gasteiger partial charge in [-0.05, 0) is 38.0 Å². The Hall–Kier alpha value is -3.03. The van der Waals surface area contributed by atoms with Gasteiger partial charge in [-0.1, -0.05) is 0 Å². The fourth-order valence-corrected chi connectivity index (χ4v) is 3.67. The standard InChI is InChI=1S/C19H20FN5O2/c1-11(23(2)3)22-18(26)16-17-15-5-4-8-24(15)19(27)13-9-12(20)6-7-14(13)25(17)10-21-16/h6-7,9-10,15H,4-5,8H2,1-3H3. The maximum atomic E-state index is 13.8. The maximum absolute atomic E-state index is 13.8. The second kappa shape index (κ2) is 6.29. The average molecular weight is 369 g/mol. The Bertz CT molecular complexity index is 978. The minimum atomic E-state index is -0.469. The van der Waals surface area contributed by atoms with Gasteiger partial charge in [0, 0.05) is 20.6 Å². The monoisotopic (exact) mass is 369 g/mol. The molecule has 2 aliphatic rings. The number of hydrogen-bond donors (Lipinski definition) is 0. The lowest BCUT2D eigenvalue weighted by Gasteiger charge is -2.22. The van der Waals surface area contributed by atoms with Gasteiger partial charge < -0.3 is 9.80 Å². The van der Waals surface area contributed by atoms with E-state index < -0.39 is 11.7 Å². The molecule has 3 heterocycles. The number of halogens is 1. The Labute approximate surface area is 156 Å². The summed E-state index contributed by atoms with van der Waals surface area (Å²) < 4.78 is 15.5. The Morgan fingerprint density at radius 2 is 2.15 bits per heavy atom. The van der Waals surface area contributed by atoms with E-state index in [4.69, 9.17) is 0 Å². The van der Waals surface area contributed by atoms with Crippen LogP contribution >= 0.6 is 0 Å². The number of benzene rings is 1. The molecule has 27 heavy (non-hydrogen) atoms. The zero-order valence-electron chi connectivity index (χ0n) is 15.4. The first kappa shape index (κ1) is 17.4. The molecular formula is C19H20FN5O2. The lowest BCUT2D eigenvalue weighted by molar-refractivity contribution is 0.0735. The Kier molecular flexibility index (Phi) is 4.05. The second-order valence-corrected chi connectivity index (χ2v) is 7.03. The molecule has 1 aromatic heterocycles. The third-order valence-corrected chi connectivity index (χ3v) is 5.20. The van der Waals surface area contributed by atoms with E-state index in [1.54, 1.807) is 27.4 Å². The Morgan fingerprint density at radius 3 is 2.89 bits per heavy atom. The molecule has 2 amide bonds. The predicted molar refractivity (Wildman–Crippen MR) is 97.7 cm³/mol. The van der Waals surface area contributed by atoms with Crippen molar-refractivity contribution in [2.75, 3.05) is 20.6 Å². The minimum absolute atomic E-state index is 0.220. The highest BCUT2D eigenvalue weighted by Crippen LogP contribution is 2.40. The van der Waals surface area contributed by atoms with E-state index in [-0.39, 0.29) is 23.2 Å². The molecule has 1 atom stereocenters. The van der Waals surface area contributed by atoms with Gasteiger partial charge in [0.05, 0.1) is 23.0 Å². The second-order valence-electron chi connectivity index (χ2n) is 7.03. The molecule has 8 heteroatoms. The first-order chi connectivity index (χ1) is 12.9. The topological polar surface area (TPSA) is 70.8 Å². The van der Waals surface area contributed by atoms with E-state index in [0.717, 1.165) is 12.8 Å². The first-order valence-electron chi connectivity index (χ1n) is 8.83. The van der Waals surface area contributed by atoms with Gasteiger partial charge in [0.25, 0.3) is 11.8 Å². The maximum Gasteiger partial charge on any atom is 0.299 e. The molecule has 7 nitrogen and oxygen atoms in total. The van der Waals surface area contributed by atoms with Gasteiger partial charge in [0.2, 0.25) is 0 Å². The summed E-state index contributed by atoms with van der Waals surface area (Å²) in [4.78, 5) is 37.7. The molecule has 0 aliphatic carbocycles. The van der Waals surface area contributed by atoms with Gasteiger partial charge in [0.15, 0.2) is 5.69 Å². The highest BCUT2D eigenvalue weighted by atomic mass is 19.1. The molecule has 2 aliphatic heterocycles. The highest BCUT2D eigenvalue weighted by molar-refractivity contribution is 6.03. The Balaban J connectivity index is 1.91. The summed E-state index contributed by atoms with van der Waals surface area (Å²) >= 11 is 0. The fraction of sp³-hybridized carbons (Fsp3) is 0.368. The first-order valence-corrected chi connectivity index (χ1v) is 8.83. The molecule has 1 unspecified atom stereocenters. The van der Waals surface area contributed by atoms with Crippen LogP contribution in [0.2, 0.25) is 0 Å². The number of carbonyl (C=O) groups is 2. The van der Waals surface area contributed by atoms with Gasteiger partial charge in [-0.3, -0.25) is 14.2 Å². The van der Waals surface area contributed by atoms with Crippen molar-refractivity contribution in [2.45, 2.75) is 25.8 Å². The van der Waals surface area contributed by atoms with Crippen molar-refractivity contribution in [3.05, 3.63) is 47.3 Å². The number of amides is 2. The summed E-state index contributed by atoms with van der Waals surface area (Å²) in [6.45, 7) is 2.31. The largest absolute Gasteiger partial charge is 0.366 e. The highest BCUT2D eigenvalue weighted by Gasteiger charge is 2.40. The zero-order chi connectivity index (χ0) is 19.3. The number of aromatic nitrogens is 2. The molecule has 4 rings (SSSR count). The van der Waals surface area contributed by atoms with E-state index in [0.29, 0.717) is 23.8 Å². The van der Waals surface area contributed by atoms with Crippen molar-refractivity contribution in [3.63, 3.8) is 0 Å². The summed E-state index contributed by atoms with van der Waals surface area (Å²) in [5, 5.41) is 0. The summed E-state index contributed by atoms with van der Waals surface area (Å²) in [6.07, 6.45) is 3.07. The smallest absolute Gasteiger partial charge is 0.299 e. The molecule has 140 valence electrons. The van der Waals surface area contributed by atoms with Crippen LogP contribution in [0.1, 0.15) is 52.3 Å². The number of amidine groups is 1.